The number of hydrogen-bond donors (Lipinski definition) is 1. The van der Waals surface area contributed by atoms with Crippen LogP contribution in [0.5, 0.6) is 0 Å². The highest BCUT2D eigenvalue weighted by Crippen LogP contribution is 2.31. The minimum Gasteiger partial charge on any atom is -0.416 e. The van der Waals surface area contributed by atoms with Gasteiger partial charge in [-0.15, -0.1) is 0 Å². The Balaban J connectivity index is 1.90. The van der Waals surface area contributed by atoms with Gasteiger partial charge in [-0.2, -0.15) is 0 Å². The van der Waals surface area contributed by atoms with Crippen LogP contribution < -0.4 is 10.9 Å². The lowest BCUT2D eigenvalue weighted by atomic mass is 9.98. The van der Waals surface area contributed by atoms with Gasteiger partial charge in [-0.05, 0) is 30.7 Å². The van der Waals surface area contributed by atoms with Crippen LogP contribution in [0.25, 0.3) is 21.9 Å². The van der Waals surface area contributed by atoms with Gasteiger partial charge in [-0.3, -0.25) is 4.79 Å². The van der Waals surface area contributed by atoms with Gasteiger partial charge in [0.05, 0.1) is 5.39 Å². The summed E-state index contributed by atoms with van der Waals surface area (Å²) in [7, 11) is 0. The van der Waals surface area contributed by atoms with E-state index in [2.05, 4.69) is 5.32 Å². The average molecular weight is 355 g/mol. The number of carbonyl (C=O) groups is 1. The molecule has 27 heavy (non-hydrogen) atoms. The van der Waals surface area contributed by atoms with Crippen molar-refractivity contribution in [2.45, 2.75) is 6.92 Å². The van der Waals surface area contributed by atoms with E-state index >= 15 is 0 Å². The maximum absolute atomic E-state index is 12.9. The van der Waals surface area contributed by atoms with Crippen molar-refractivity contribution < 1.29 is 9.21 Å². The van der Waals surface area contributed by atoms with Crippen LogP contribution in [-0.2, 0) is 0 Å². The predicted molar refractivity (Wildman–Crippen MR) is 107 cm³/mol. The first kappa shape index (κ1) is 16.8. The molecule has 0 saturated carbocycles. The molecule has 1 heterocycles. The van der Waals surface area contributed by atoms with Gasteiger partial charge in [0, 0.05) is 16.6 Å². The molecule has 0 aliphatic rings. The fourth-order valence-corrected chi connectivity index (χ4v) is 3.08. The van der Waals surface area contributed by atoms with E-state index in [1.54, 1.807) is 12.1 Å². The Kier molecular flexibility index (Phi) is 4.30. The lowest BCUT2D eigenvalue weighted by molar-refractivity contribution is 0.0994. The highest BCUT2D eigenvalue weighted by atomic mass is 16.4. The van der Waals surface area contributed by atoms with Crippen molar-refractivity contribution in [1.82, 2.24) is 0 Å². The minimum absolute atomic E-state index is 0.00507. The first-order valence-corrected chi connectivity index (χ1v) is 8.63. The summed E-state index contributed by atoms with van der Waals surface area (Å²) < 4.78 is 5.47. The van der Waals surface area contributed by atoms with Crippen molar-refractivity contribution in [2.75, 3.05) is 5.32 Å². The van der Waals surface area contributed by atoms with Crippen LogP contribution in [0.15, 0.2) is 88.1 Å². The molecule has 0 aliphatic heterocycles. The van der Waals surface area contributed by atoms with Crippen molar-refractivity contribution in [3.05, 3.63) is 101 Å². The zero-order chi connectivity index (χ0) is 18.8. The van der Waals surface area contributed by atoms with E-state index in [0.29, 0.717) is 22.0 Å². The number of fused-ring (bicyclic) bond motifs is 1. The molecule has 3 aromatic carbocycles. The summed E-state index contributed by atoms with van der Waals surface area (Å²) in [6, 6.07) is 24.1. The molecule has 0 radical (unpaired) electrons. The number of carbonyl (C=O) groups excluding carboxylic acids is 1. The average Bonchev–Trinajstić information content (AvgIpc) is 2.70. The Morgan fingerprint density at radius 3 is 2.15 bits per heavy atom. The fraction of sp³-hybridized carbons (Fsp3) is 0.0435. The third-order valence-corrected chi connectivity index (χ3v) is 4.42. The highest BCUT2D eigenvalue weighted by Gasteiger charge is 2.21. The number of aryl methyl sites for hydroxylation is 1. The first-order valence-electron chi connectivity index (χ1n) is 8.63. The van der Waals surface area contributed by atoms with Gasteiger partial charge in [0.1, 0.15) is 0 Å². The molecule has 0 atom stereocenters. The topological polar surface area (TPSA) is 59.3 Å². The molecule has 0 fully saturated rings. The molecule has 4 rings (SSSR count). The molecule has 1 aromatic heterocycles. The molecule has 4 heteroatoms. The molecule has 0 unspecified atom stereocenters. The van der Waals surface area contributed by atoms with E-state index in [0.717, 1.165) is 11.1 Å². The lowest BCUT2D eigenvalue weighted by Crippen LogP contribution is -2.16. The molecule has 0 spiro atoms. The van der Waals surface area contributed by atoms with Crippen LogP contribution in [0, 0.1) is 6.92 Å². The Bertz CT molecular complexity index is 1180. The van der Waals surface area contributed by atoms with Crippen LogP contribution in [-0.4, -0.2) is 5.91 Å². The second kappa shape index (κ2) is 6.92. The lowest BCUT2D eigenvalue weighted by Gasteiger charge is -2.12. The number of nitrogens with one attached hydrogen (secondary N) is 1. The van der Waals surface area contributed by atoms with Crippen LogP contribution >= 0.6 is 0 Å². The maximum atomic E-state index is 12.9. The maximum Gasteiger partial charge on any atom is 0.344 e. The van der Waals surface area contributed by atoms with Crippen LogP contribution in [0.1, 0.15) is 16.1 Å². The molecule has 0 aliphatic carbocycles. The zero-order valence-electron chi connectivity index (χ0n) is 14.7. The summed E-state index contributed by atoms with van der Waals surface area (Å²) in [5, 5.41) is 3.95. The summed E-state index contributed by atoms with van der Waals surface area (Å²) in [5.41, 5.74) is 2.62. The Hall–Kier alpha value is -3.66. The van der Waals surface area contributed by atoms with E-state index in [1.807, 2.05) is 73.7 Å². The minimum atomic E-state index is -0.528. The predicted octanol–water partition coefficient (Wildman–Crippen LogP) is 5.02. The Labute approximate surface area is 156 Å². The van der Waals surface area contributed by atoms with Gasteiger partial charge in [-0.25, -0.2) is 4.79 Å². The SMILES string of the molecule is Cc1ccc(NC(=O)c2oc(=O)c3ccccc3c2-c2ccccc2)cc1. The number of anilines is 1. The Morgan fingerprint density at radius 1 is 0.815 bits per heavy atom. The largest absolute Gasteiger partial charge is 0.416 e. The molecule has 132 valence electrons. The van der Waals surface area contributed by atoms with Crippen molar-refractivity contribution in [3.63, 3.8) is 0 Å². The first-order chi connectivity index (χ1) is 13.1. The van der Waals surface area contributed by atoms with Gasteiger partial charge in [0.25, 0.3) is 5.91 Å². The third-order valence-electron chi connectivity index (χ3n) is 4.42. The number of benzene rings is 3. The van der Waals surface area contributed by atoms with Crippen molar-refractivity contribution in [2.24, 2.45) is 0 Å². The smallest absolute Gasteiger partial charge is 0.344 e. The summed E-state index contributed by atoms with van der Waals surface area (Å²) in [6.45, 7) is 1.97. The third kappa shape index (κ3) is 3.25. The summed E-state index contributed by atoms with van der Waals surface area (Å²) in [4.78, 5) is 25.4. The molecular formula is C23H17NO3. The summed E-state index contributed by atoms with van der Waals surface area (Å²) in [6.07, 6.45) is 0. The van der Waals surface area contributed by atoms with Crippen molar-refractivity contribution >= 4 is 22.4 Å². The molecule has 0 bridgehead atoms. The van der Waals surface area contributed by atoms with Gasteiger partial charge < -0.3 is 9.73 Å². The molecule has 4 aromatic rings. The standard InChI is InChI=1S/C23H17NO3/c1-15-11-13-17(14-12-15)24-22(25)21-20(16-7-3-2-4-8-16)18-9-5-6-10-19(18)23(26)27-21/h2-14H,1H3,(H,24,25). The van der Waals surface area contributed by atoms with E-state index in [4.69, 9.17) is 4.42 Å². The van der Waals surface area contributed by atoms with Gasteiger partial charge >= 0.3 is 5.63 Å². The quantitative estimate of drug-likeness (QED) is 0.561. The van der Waals surface area contributed by atoms with Crippen LogP contribution in [0.3, 0.4) is 0 Å². The second-order valence-electron chi connectivity index (χ2n) is 6.33. The monoisotopic (exact) mass is 355 g/mol. The van der Waals surface area contributed by atoms with E-state index < -0.39 is 11.5 Å². The molecular weight excluding hydrogens is 338 g/mol. The van der Waals surface area contributed by atoms with E-state index in [-0.39, 0.29) is 5.76 Å². The van der Waals surface area contributed by atoms with E-state index in [9.17, 15) is 9.59 Å². The number of hydrogen-bond acceptors (Lipinski definition) is 3. The van der Waals surface area contributed by atoms with Gasteiger partial charge in [-0.1, -0.05) is 66.2 Å². The van der Waals surface area contributed by atoms with Crippen LogP contribution in [0.2, 0.25) is 0 Å². The molecule has 4 nitrogen and oxygen atoms in total. The van der Waals surface area contributed by atoms with Crippen molar-refractivity contribution in [1.29, 1.82) is 0 Å². The highest BCUT2D eigenvalue weighted by molar-refractivity contribution is 6.11. The summed E-state index contributed by atoms with van der Waals surface area (Å²) >= 11 is 0. The number of rotatable bonds is 3. The van der Waals surface area contributed by atoms with E-state index in [1.165, 1.54) is 0 Å². The molecule has 1 amide bonds. The molecule has 1 N–H and O–H groups in total. The van der Waals surface area contributed by atoms with Crippen LogP contribution in [0.4, 0.5) is 5.69 Å². The molecule has 0 saturated heterocycles. The fourth-order valence-electron chi connectivity index (χ4n) is 3.08. The van der Waals surface area contributed by atoms with Gasteiger partial charge in [0.15, 0.2) is 0 Å². The van der Waals surface area contributed by atoms with Gasteiger partial charge in [0.2, 0.25) is 5.76 Å². The normalized spacial score (nSPS) is 10.7. The Morgan fingerprint density at radius 2 is 1.44 bits per heavy atom. The summed E-state index contributed by atoms with van der Waals surface area (Å²) in [5.74, 6) is -0.453. The van der Waals surface area contributed by atoms with Crippen molar-refractivity contribution in [3.8, 4) is 11.1 Å². The second-order valence-corrected chi connectivity index (χ2v) is 6.33. The zero-order valence-corrected chi connectivity index (χ0v) is 14.7. The number of amides is 1.